The van der Waals surface area contributed by atoms with Crippen LogP contribution in [0.1, 0.15) is 80.7 Å². The van der Waals surface area contributed by atoms with Gasteiger partial charge in [0.05, 0.1) is 12.5 Å². The Hall–Kier alpha value is -3.19. The minimum atomic E-state index is -2.77. The van der Waals surface area contributed by atoms with Gasteiger partial charge in [-0.15, -0.1) is 0 Å². The van der Waals surface area contributed by atoms with E-state index in [0.717, 1.165) is 25.7 Å². The number of pyridine rings is 1. The summed E-state index contributed by atoms with van der Waals surface area (Å²) >= 11 is 6.19. The molecule has 1 fully saturated rings. The highest BCUT2D eigenvalue weighted by Gasteiger charge is 2.54. The molecule has 3 aliphatic rings. The molecule has 1 unspecified atom stereocenters. The van der Waals surface area contributed by atoms with E-state index in [9.17, 15) is 18.7 Å². The van der Waals surface area contributed by atoms with Crippen LogP contribution >= 0.6 is 11.6 Å². The number of carboxylic acids is 1. The molecule has 8 heteroatoms. The lowest BCUT2D eigenvalue weighted by molar-refractivity contribution is -0.144. The standard InChI is InChI=1S/C35H39ClF2N2O3/c1-22(21-43-30-11-17-39-29-10-12-35(37,38)23(2)31(29)30)18-25-19-24-6-3-4-9-28(24)33(25)13-15-34(16-14-33,32(41)42)40-27-8-5-7-26(36)20-27/h3-9,11,17,20,22-23,25,40H,10,12-16,18-19,21H2,1-2H3,(H,41,42)/t22-,23-,25?,33?,34?/m1/s1. The number of aromatic nitrogens is 1. The average Bonchev–Trinajstić information content (AvgIpc) is 3.27. The molecule has 43 heavy (non-hydrogen) atoms. The predicted molar refractivity (Wildman–Crippen MR) is 164 cm³/mol. The highest BCUT2D eigenvalue weighted by Crippen LogP contribution is 2.56. The molecule has 0 bridgehead atoms. The zero-order valence-corrected chi connectivity index (χ0v) is 25.5. The van der Waals surface area contributed by atoms with Gasteiger partial charge in [0.25, 0.3) is 5.92 Å². The van der Waals surface area contributed by atoms with Crippen LogP contribution in [-0.2, 0) is 23.1 Å². The van der Waals surface area contributed by atoms with Crippen molar-refractivity contribution in [3.05, 3.63) is 88.2 Å². The molecule has 0 aliphatic heterocycles. The first-order valence-electron chi connectivity index (χ1n) is 15.4. The van der Waals surface area contributed by atoms with Crippen molar-refractivity contribution in [2.45, 2.75) is 88.0 Å². The Morgan fingerprint density at radius 1 is 1.12 bits per heavy atom. The summed E-state index contributed by atoms with van der Waals surface area (Å²) in [5, 5.41) is 14.3. The van der Waals surface area contributed by atoms with Gasteiger partial charge in [-0.05, 0) is 97.6 Å². The van der Waals surface area contributed by atoms with Gasteiger partial charge >= 0.3 is 5.97 Å². The molecule has 3 aliphatic carbocycles. The normalized spacial score (nSPS) is 28.1. The number of halogens is 3. The molecule has 0 amide bonds. The molecule has 6 rings (SSSR count). The Morgan fingerprint density at radius 3 is 2.63 bits per heavy atom. The van der Waals surface area contributed by atoms with Crippen molar-refractivity contribution in [2.24, 2.45) is 11.8 Å². The number of alkyl halides is 2. The zero-order valence-electron chi connectivity index (χ0n) is 24.7. The van der Waals surface area contributed by atoms with Crippen molar-refractivity contribution in [1.82, 2.24) is 4.98 Å². The number of anilines is 1. The van der Waals surface area contributed by atoms with E-state index in [1.165, 1.54) is 11.1 Å². The number of ether oxygens (including phenoxy) is 1. The number of carbonyl (C=O) groups is 1. The van der Waals surface area contributed by atoms with E-state index in [1.807, 2.05) is 12.1 Å². The van der Waals surface area contributed by atoms with Crippen molar-refractivity contribution in [2.75, 3.05) is 11.9 Å². The highest BCUT2D eigenvalue weighted by molar-refractivity contribution is 6.30. The van der Waals surface area contributed by atoms with Gasteiger partial charge in [0.15, 0.2) is 0 Å². The summed E-state index contributed by atoms with van der Waals surface area (Å²) < 4.78 is 35.4. The van der Waals surface area contributed by atoms with Crippen LogP contribution in [0.2, 0.25) is 5.02 Å². The quantitative estimate of drug-likeness (QED) is 0.268. The lowest BCUT2D eigenvalue weighted by atomic mass is 9.59. The molecule has 1 heterocycles. The molecule has 1 aromatic heterocycles. The minimum absolute atomic E-state index is 0.119. The monoisotopic (exact) mass is 608 g/mol. The van der Waals surface area contributed by atoms with Crippen LogP contribution in [0.25, 0.3) is 0 Å². The summed E-state index contributed by atoms with van der Waals surface area (Å²) in [6, 6.07) is 17.5. The van der Waals surface area contributed by atoms with Gasteiger partial charge in [-0.1, -0.05) is 55.8 Å². The lowest BCUT2D eigenvalue weighted by Crippen LogP contribution is -2.53. The molecule has 0 saturated heterocycles. The third-order valence-electron chi connectivity index (χ3n) is 10.4. The van der Waals surface area contributed by atoms with E-state index in [1.54, 1.807) is 31.3 Å². The molecule has 2 aromatic carbocycles. The Kier molecular flexibility index (Phi) is 7.91. The third kappa shape index (κ3) is 5.50. The third-order valence-corrected chi connectivity index (χ3v) is 10.7. The molecule has 0 radical (unpaired) electrons. The SMILES string of the molecule is C[C@@H](COc1ccnc2c1[C@@H](C)C(F)(F)CC2)CC1Cc2ccccc2C12CCC(Nc1cccc(Cl)c1)(C(=O)O)CC2. The van der Waals surface area contributed by atoms with Crippen LogP contribution in [0.3, 0.4) is 0 Å². The molecular weight excluding hydrogens is 570 g/mol. The maximum absolute atomic E-state index is 14.6. The van der Waals surface area contributed by atoms with Gasteiger partial charge < -0.3 is 15.2 Å². The number of rotatable bonds is 8. The van der Waals surface area contributed by atoms with E-state index >= 15 is 0 Å². The maximum Gasteiger partial charge on any atom is 0.329 e. The first kappa shape index (κ1) is 29.9. The Bertz CT molecular complexity index is 1500. The van der Waals surface area contributed by atoms with Crippen LogP contribution in [0.4, 0.5) is 14.5 Å². The summed E-state index contributed by atoms with van der Waals surface area (Å²) in [5.74, 6) is -3.52. The predicted octanol–water partition coefficient (Wildman–Crippen LogP) is 8.44. The number of hydrogen-bond acceptors (Lipinski definition) is 4. The summed E-state index contributed by atoms with van der Waals surface area (Å²) in [5.41, 5.74) is 3.47. The molecule has 1 spiro atoms. The van der Waals surface area contributed by atoms with Gasteiger partial charge in [-0.3, -0.25) is 4.98 Å². The van der Waals surface area contributed by atoms with Crippen molar-refractivity contribution in [3.63, 3.8) is 0 Å². The summed E-state index contributed by atoms with van der Waals surface area (Å²) in [4.78, 5) is 17.1. The number of hydrogen-bond donors (Lipinski definition) is 2. The van der Waals surface area contributed by atoms with Crippen molar-refractivity contribution < 1.29 is 23.4 Å². The van der Waals surface area contributed by atoms with E-state index in [2.05, 4.69) is 41.5 Å². The van der Waals surface area contributed by atoms with Gasteiger partial charge in [0, 0.05) is 34.6 Å². The van der Waals surface area contributed by atoms with Crippen molar-refractivity contribution >= 4 is 23.3 Å². The van der Waals surface area contributed by atoms with E-state index in [4.69, 9.17) is 16.3 Å². The van der Waals surface area contributed by atoms with E-state index in [-0.39, 0.29) is 24.2 Å². The summed E-state index contributed by atoms with van der Waals surface area (Å²) in [7, 11) is 0. The van der Waals surface area contributed by atoms with Crippen molar-refractivity contribution in [1.29, 1.82) is 0 Å². The van der Waals surface area contributed by atoms with Gasteiger partial charge in [0.1, 0.15) is 11.3 Å². The number of nitrogens with zero attached hydrogens (tertiary/aromatic N) is 1. The highest BCUT2D eigenvalue weighted by atomic mass is 35.5. The summed E-state index contributed by atoms with van der Waals surface area (Å²) in [6.07, 6.45) is 6.08. The lowest BCUT2D eigenvalue weighted by Gasteiger charge is -2.47. The van der Waals surface area contributed by atoms with Crippen LogP contribution in [-0.4, -0.2) is 34.1 Å². The van der Waals surface area contributed by atoms with Crippen LogP contribution < -0.4 is 10.1 Å². The van der Waals surface area contributed by atoms with Crippen LogP contribution in [0, 0.1) is 11.8 Å². The average molecular weight is 609 g/mol. The Balaban J connectivity index is 1.19. The van der Waals surface area contributed by atoms with Crippen LogP contribution in [0.15, 0.2) is 60.8 Å². The fraction of sp³-hybridized carbons (Fsp3) is 0.486. The fourth-order valence-electron chi connectivity index (χ4n) is 7.99. The van der Waals surface area contributed by atoms with E-state index in [0.29, 0.717) is 53.1 Å². The largest absolute Gasteiger partial charge is 0.493 e. The summed E-state index contributed by atoms with van der Waals surface area (Å²) in [6.45, 7) is 4.15. The second-order valence-electron chi connectivity index (χ2n) is 13.0. The second kappa shape index (κ2) is 11.4. The second-order valence-corrected chi connectivity index (χ2v) is 13.5. The van der Waals surface area contributed by atoms with Crippen LogP contribution in [0.5, 0.6) is 5.75 Å². The molecular formula is C35H39ClF2N2O3. The number of aryl methyl sites for hydroxylation is 1. The number of nitrogens with one attached hydrogen (secondary N) is 1. The molecule has 5 nitrogen and oxygen atoms in total. The topological polar surface area (TPSA) is 71.5 Å². The molecule has 228 valence electrons. The number of carboxylic acid groups (broad SMARTS) is 1. The fourth-order valence-corrected chi connectivity index (χ4v) is 8.18. The first-order valence-corrected chi connectivity index (χ1v) is 15.7. The Labute approximate surface area is 257 Å². The zero-order chi connectivity index (χ0) is 30.4. The minimum Gasteiger partial charge on any atom is -0.493 e. The van der Waals surface area contributed by atoms with Gasteiger partial charge in [0.2, 0.25) is 0 Å². The van der Waals surface area contributed by atoms with E-state index < -0.39 is 23.3 Å². The molecule has 1 saturated carbocycles. The smallest absolute Gasteiger partial charge is 0.329 e. The van der Waals surface area contributed by atoms with Gasteiger partial charge in [-0.2, -0.15) is 0 Å². The van der Waals surface area contributed by atoms with Gasteiger partial charge in [-0.25, -0.2) is 13.6 Å². The molecule has 3 atom stereocenters. The number of benzene rings is 2. The molecule has 3 aromatic rings. The van der Waals surface area contributed by atoms with Crippen molar-refractivity contribution in [3.8, 4) is 5.75 Å². The Morgan fingerprint density at radius 2 is 1.88 bits per heavy atom. The first-order chi connectivity index (χ1) is 20.5. The molecule has 2 N–H and O–H groups in total. The number of fused-ring (bicyclic) bond motifs is 3. The maximum atomic E-state index is 14.6. The number of aliphatic carboxylic acids is 1.